The Morgan fingerprint density at radius 2 is 2.15 bits per heavy atom. The summed E-state index contributed by atoms with van der Waals surface area (Å²) in [5.74, 6) is 0. The number of nitro groups is 1. The maximum Gasteiger partial charge on any atom is 0.418 e. The van der Waals surface area contributed by atoms with Gasteiger partial charge in [-0.05, 0) is 19.4 Å². The number of nitrogens with zero attached hydrogens (tertiary/aromatic N) is 1. The minimum absolute atomic E-state index is 0.162. The zero-order valence-electron chi connectivity index (χ0n) is 10.6. The van der Waals surface area contributed by atoms with E-state index in [0.717, 1.165) is 12.1 Å². The highest BCUT2D eigenvalue weighted by Crippen LogP contribution is 2.38. The Bertz CT molecular complexity index is 519. The molecule has 1 aromatic rings. The molecule has 1 aromatic carbocycles. The molecule has 0 bridgehead atoms. The van der Waals surface area contributed by atoms with Crippen molar-refractivity contribution < 1.29 is 22.8 Å². The second kappa shape index (κ2) is 5.28. The maximum absolute atomic E-state index is 13.0. The highest BCUT2D eigenvalue weighted by molar-refractivity contribution is 5.58. The molecule has 0 spiro atoms. The van der Waals surface area contributed by atoms with Gasteiger partial charge < -0.3 is 10.1 Å². The van der Waals surface area contributed by atoms with Gasteiger partial charge in [0.25, 0.3) is 5.69 Å². The molecule has 0 radical (unpaired) electrons. The quantitative estimate of drug-likeness (QED) is 0.686. The van der Waals surface area contributed by atoms with Gasteiger partial charge in [-0.3, -0.25) is 10.1 Å². The highest BCUT2D eigenvalue weighted by Gasteiger charge is 2.36. The molecule has 2 atom stereocenters. The first kappa shape index (κ1) is 14.6. The normalized spacial score (nSPS) is 22.8. The van der Waals surface area contributed by atoms with E-state index in [2.05, 4.69) is 5.32 Å². The van der Waals surface area contributed by atoms with Gasteiger partial charge in [0.15, 0.2) is 0 Å². The minimum Gasteiger partial charge on any atom is -0.379 e. The summed E-state index contributed by atoms with van der Waals surface area (Å²) in [6.45, 7) is 2.25. The predicted octanol–water partition coefficient (Wildman–Crippen LogP) is 3.20. The Morgan fingerprint density at radius 3 is 2.65 bits per heavy atom. The molecular formula is C12H13F3N2O3. The fourth-order valence-electron chi connectivity index (χ4n) is 2.13. The van der Waals surface area contributed by atoms with Crippen molar-refractivity contribution in [3.63, 3.8) is 0 Å². The number of alkyl halides is 3. The van der Waals surface area contributed by atoms with E-state index in [1.807, 2.05) is 0 Å². The number of nitro benzene ring substituents is 1. The van der Waals surface area contributed by atoms with Crippen LogP contribution in [-0.2, 0) is 10.9 Å². The van der Waals surface area contributed by atoms with Crippen molar-refractivity contribution in [2.75, 3.05) is 11.9 Å². The molecule has 2 rings (SSSR count). The van der Waals surface area contributed by atoms with Crippen LogP contribution in [-0.4, -0.2) is 23.7 Å². The van der Waals surface area contributed by atoms with E-state index in [9.17, 15) is 23.3 Å². The van der Waals surface area contributed by atoms with Gasteiger partial charge in [-0.25, -0.2) is 0 Å². The first-order valence-electron chi connectivity index (χ1n) is 6.03. The lowest BCUT2D eigenvalue weighted by Gasteiger charge is -2.20. The lowest BCUT2D eigenvalue weighted by atomic mass is 10.1. The van der Waals surface area contributed by atoms with Crippen LogP contribution >= 0.6 is 0 Å². The van der Waals surface area contributed by atoms with Crippen LogP contribution in [0.2, 0.25) is 0 Å². The standard InChI is InChI=1S/C12H13F3N2O3/c1-7-10(4-5-20-7)16-11-3-2-8(17(18)19)6-9(11)12(13,14)15/h2-3,6-7,10,16H,4-5H2,1H3. The molecule has 110 valence electrons. The van der Waals surface area contributed by atoms with Gasteiger partial charge in [0.2, 0.25) is 0 Å². The molecule has 8 heteroatoms. The van der Waals surface area contributed by atoms with E-state index >= 15 is 0 Å². The number of ether oxygens (including phenoxy) is 1. The molecule has 0 amide bonds. The summed E-state index contributed by atoms with van der Waals surface area (Å²) in [4.78, 5) is 9.74. The predicted molar refractivity (Wildman–Crippen MR) is 65.5 cm³/mol. The van der Waals surface area contributed by atoms with Crippen molar-refractivity contribution in [1.82, 2.24) is 0 Å². The van der Waals surface area contributed by atoms with Gasteiger partial charge in [0.05, 0.1) is 22.6 Å². The molecule has 1 saturated heterocycles. The smallest absolute Gasteiger partial charge is 0.379 e. The van der Waals surface area contributed by atoms with Crippen molar-refractivity contribution in [2.24, 2.45) is 0 Å². The summed E-state index contributed by atoms with van der Waals surface area (Å²) in [6.07, 6.45) is -4.27. The van der Waals surface area contributed by atoms with E-state index in [-0.39, 0.29) is 17.8 Å². The third kappa shape index (κ3) is 3.01. The molecule has 5 nitrogen and oxygen atoms in total. The number of halogens is 3. The fraction of sp³-hybridized carbons (Fsp3) is 0.500. The third-order valence-corrected chi connectivity index (χ3v) is 3.24. The molecule has 1 aliphatic rings. The first-order valence-corrected chi connectivity index (χ1v) is 6.03. The second-order valence-electron chi connectivity index (χ2n) is 4.60. The van der Waals surface area contributed by atoms with Crippen molar-refractivity contribution >= 4 is 11.4 Å². The largest absolute Gasteiger partial charge is 0.418 e. The summed E-state index contributed by atoms with van der Waals surface area (Å²) in [7, 11) is 0. The van der Waals surface area contributed by atoms with Crippen LogP contribution in [0.1, 0.15) is 18.9 Å². The molecule has 20 heavy (non-hydrogen) atoms. The molecular weight excluding hydrogens is 277 g/mol. The topological polar surface area (TPSA) is 64.4 Å². The van der Waals surface area contributed by atoms with E-state index in [4.69, 9.17) is 4.74 Å². The van der Waals surface area contributed by atoms with Crippen molar-refractivity contribution in [2.45, 2.75) is 31.7 Å². The lowest BCUT2D eigenvalue weighted by Crippen LogP contribution is -2.28. The van der Waals surface area contributed by atoms with Crippen LogP contribution in [0.25, 0.3) is 0 Å². The highest BCUT2D eigenvalue weighted by atomic mass is 19.4. The lowest BCUT2D eigenvalue weighted by molar-refractivity contribution is -0.385. The number of nitrogens with one attached hydrogen (secondary N) is 1. The van der Waals surface area contributed by atoms with Crippen LogP contribution in [0.3, 0.4) is 0 Å². The number of hydrogen-bond donors (Lipinski definition) is 1. The summed E-state index contributed by atoms with van der Waals surface area (Å²) in [5, 5.41) is 13.4. The molecule has 0 aliphatic carbocycles. The number of anilines is 1. The third-order valence-electron chi connectivity index (χ3n) is 3.24. The Kier molecular flexibility index (Phi) is 3.85. The number of rotatable bonds is 3. The van der Waals surface area contributed by atoms with E-state index in [0.29, 0.717) is 19.1 Å². The molecule has 1 heterocycles. The van der Waals surface area contributed by atoms with E-state index < -0.39 is 22.4 Å². The average molecular weight is 290 g/mol. The second-order valence-corrected chi connectivity index (χ2v) is 4.60. The fourth-order valence-corrected chi connectivity index (χ4v) is 2.13. The Hall–Kier alpha value is -1.83. The van der Waals surface area contributed by atoms with Gasteiger partial charge in [-0.15, -0.1) is 0 Å². The monoisotopic (exact) mass is 290 g/mol. The number of hydrogen-bond acceptors (Lipinski definition) is 4. The average Bonchev–Trinajstić information content (AvgIpc) is 2.74. The zero-order valence-corrected chi connectivity index (χ0v) is 10.6. The maximum atomic E-state index is 13.0. The number of non-ortho nitro benzene ring substituents is 1. The van der Waals surface area contributed by atoms with Gasteiger partial charge in [0.1, 0.15) is 0 Å². The SMILES string of the molecule is CC1OCCC1Nc1ccc([N+](=O)[O-])cc1C(F)(F)F. The van der Waals surface area contributed by atoms with E-state index in [1.165, 1.54) is 0 Å². The molecule has 1 N–H and O–H groups in total. The van der Waals surface area contributed by atoms with Gasteiger partial charge >= 0.3 is 6.18 Å². The summed E-state index contributed by atoms with van der Waals surface area (Å²) >= 11 is 0. The molecule has 0 saturated carbocycles. The van der Waals surface area contributed by atoms with Gasteiger partial charge in [-0.1, -0.05) is 0 Å². The minimum atomic E-state index is -4.66. The van der Waals surface area contributed by atoms with E-state index in [1.54, 1.807) is 6.92 Å². The van der Waals surface area contributed by atoms with Crippen molar-refractivity contribution in [3.8, 4) is 0 Å². The van der Waals surface area contributed by atoms with Crippen molar-refractivity contribution in [1.29, 1.82) is 0 Å². The Labute approximate surface area is 112 Å². The van der Waals surface area contributed by atoms with Crippen LogP contribution in [0.15, 0.2) is 18.2 Å². The molecule has 1 fully saturated rings. The van der Waals surface area contributed by atoms with Gasteiger partial charge in [0, 0.05) is 24.4 Å². The summed E-state index contributed by atoms with van der Waals surface area (Å²) in [5.41, 5.74) is -1.78. The molecule has 0 aromatic heterocycles. The van der Waals surface area contributed by atoms with Gasteiger partial charge in [-0.2, -0.15) is 13.2 Å². The summed E-state index contributed by atoms with van der Waals surface area (Å²) < 4.78 is 44.2. The molecule has 1 aliphatic heterocycles. The van der Waals surface area contributed by atoms with Crippen LogP contribution < -0.4 is 5.32 Å². The number of benzene rings is 1. The van der Waals surface area contributed by atoms with Crippen LogP contribution in [0, 0.1) is 10.1 Å². The van der Waals surface area contributed by atoms with Crippen molar-refractivity contribution in [3.05, 3.63) is 33.9 Å². The van der Waals surface area contributed by atoms with Crippen LogP contribution in [0.5, 0.6) is 0 Å². The summed E-state index contributed by atoms with van der Waals surface area (Å²) in [6, 6.07) is 2.45. The first-order chi connectivity index (χ1) is 9.29. The Balaban J connectivity index is 2.34. The molecule has 2 unspecified atom stereocenters. The Morgan fingerprint density at radius 1 is 1.45 bits per heavy atom. The van der Waals surface area contributed by atoms with Crippen LogP contribution in [0.4, 0.5) is 24.5 Å². The zero-order chi connectivity index (χ0) is 14.9.